The summed E-state index contributed by atoms with van der Waals surface area (Å²) in [7, 11) is 0. The topological polar surface area (TPSA) is 32.7 Å². The first kappa shape index (κ1) is 15.2. The van der Waals surface area contributed by atoms with E-state index < -0.39 is 24.9 Å². The van der Waals surface area contributed by atoms with Gasteiger partial charge in [-0.2, -0.15) is 13.2 Å². The molecule has 0 bridgehead atoms. The average molecular weight is 293 g/mol. The van der Waals surface area contributed by atoms with E-state index in [1.165, 1.54) is 17.0 Å². The zero-order valence-electron chi connectivity index (χ0n) is 10.6. The highest BCUT2D eigenvalue weighted by Crippen LogP contribution is 2.25. The Balaban J connectivity index is 1.96. The van der Waals surface area contributed by atoms with Crippen molar-refractivity contribution in [1.82, 2.24) is 4.90 Å². The largest absolute Gasteiger partial charge is 0.415 e. The van der Waals surface area contributed by atoms with Crippen molar-refractivity contribution in [3.8, 4) is 0 Å². The summed E-state index contributed by atoms with van der Waals surface area (Å²) in [5, 5.41) is 9.07. The van der Waals surface area contributed by atoms with Crippen molar-refractivity contribution in [3.05, 3.63) is 35.6 Å². The highest BCUT2D eigenvalue weighted by molar-refractivity contribution is 5.19. The minimum Gasteiger partial charge on any atom is -0.382 e. The van der Waals surface area contributed by atoms with E-state index in [1.54, 1.807) is 12.1 Å². The van der Waals surface area contributed by atoms with Crippen LogP contribution in [0.2, 0.25) is 0 Å². The molecule has 0 aliphatic carbocycles. The van der Waals surface area contributed by atoms with Crippen molar-refractivity contribution < 1.29 is 27.4 Å². The molecule has 0 spiro atoms. The Morgan fingerprint density at radius 1 is 1.30 bits per heavy atom. The molecule has 1 heterocycles. The van der Waals surface area contributed by atoms with E-state index in [9.17, 15) is 17.6 Å². The van der Waals surface area contributed by atoms with Crippen LogP contribution in [0.15, 0.2) is 24.3 Å². The van der Waals surface area contributed by atoms with Gasteiger partial charge in [-0.05, 0) is 17.7 Å². The quantitative estimate of drug-likeness (QED) is 0.867. The molecule has 1 aliphatic heterocycles. The van der Waals surface area contributed by atoms with E-state index in [0.717, 1.165) is 0 Å². The van der Waals surface area contributed by atoms with Gasteiger partial charge >= 0.3 is 6.18 Å². The molecule has 1 aromatic carbocycles. The second kappa shape index (κ2) is 6.07. The standard InChI is InChI=1S/C13H15F4NO2/c14-10-3-1-9(2-4-10)11-7-18(5-6-20-11)8-12(19)13(15,16)17/h1-4,11-12,19H,5-8H2. The molecule has 1 aliphatic rings. The average Bonchev–Trinajstić information content (AvgIpc) is 2.39. The molecule has 0 aromatic heterocycles. The monoisotopic (exact) mass is 293 g/mol. The Bertz CT molecular complexity index is 435. The van der Waals surface area contributed by atoms with Gasteiger partial charge in [-0.1, -0.05) is 12.1 Å². The van der Waals surface area contributed by atoms with Gasteiger partial charge in [0.2, 0.25) is 0 Å². The second-order valence-corrected chi connectivity index (χ2v) is 4.73. The molecule has 2 unspecified atom stereocenters. The van der Waals surface area contributed by atoms with E-state index >= 15 is 0 Å². The minimum absolute atomic E-state index is 0.235. The number of benzene rings is 1. The maximum absolute atomic E-state index is 12.8. The molecule has 0 saturated carbocycles. The third-order valence-corrected chi connectivity index (χ3v) is 3.20. The summed E-state index contributed by atoms with van der Waals surface area (Å²) in [4.78, 5) is 1.50. The van der Waals surface area contributed by atoms with Crippen LogP contribution in [0.5, 0.6) is 0 Å². The minimum atomic E-state index is -4.62. The van der Waals surface area contributed by atoms with Gasteiger partial charge in [0.05, 0.1) is 12.7 Å². The number of alkyl halides is 3. The lowest BCUT2D eigenvalue weighted by atomic mass is 10.1. The summed E-state index contributed by atoms with van der Waals surface area (Å²) in [6.07, 6.45) is -7.40. The van der Waals surface area contributed by atoms with Crippen LogP contribution < -0.4 is 0 Å². The number of aliphatic hydroxyl groups is 1. The number of ether oxygens (including phenoxy) is 1. The molecular formula is C13H15F4NO2. The number of halogens is 4. The molecule has 1 fully saturated rings. The number of β-amino-alcohol motifs (C(OH)–C–C–N with tert-alkyl or cyclic N) is 1. The Morgan fingerprint density at radius 3 is 2.55 bits per heavy atom. The number of hydrogen-bond acceptors (Lipinski definition) is 3. The molecule has 2 atom stereocenters. The maximum atomic E-state index is 12.8. The van der Waals surface area contributed by atoms with E-state index in [2.05, 4.69) is 0 Å². The highest BCUT2D eigenvalue weighted by Gasteiger charge is 2.39. The Labute approximate surface area is 113 Å². The van der Waals surface area contributed by atoms with Gasteiger partial charge in [-0.3, -0.25) is 4.90 Å². The van der Waals surface area contributed by atoms with E-state index in [-0.39, 0.29) is 19.0 Å². The lowest BCUT2D eigenvalue weighted by Crippen LogP contribution is -2.46. The molecular weight excluding hydrogens is 278 g/mol. The van der Waals surface area contributed by atoms with Gasteiger partial charge in [0, 0.05) is 19.6 Å². The van der Waals surface area contributed by atoms with Gasteiger partial charge in [0.1, 0.15) is 5.82 Å². The summed E-state index contributed by atoms with van der Waals surface area (Å²) < 4.78 is 55.3. The molecule has 20 heavy (non-hydrogen) atoms. The summed E-state index contributed by atoms with van der Waals surface area (Å²) in [6.45, 7) is 0.348. The zero-order valence-corrected chi connectivity index (χ0v) is 10.6. The van der Waals surface area contributed by atoms with Gasteiger partial charge < -0.3 is 9.84 Å². The predicted octanol–water partition coefficient (Wildman–Crippen LogP) is 2.12. The first-order chi connectivity index (χ1) is 9.36. The smallest absolute Gasteiger partial charge is 0.382 e. The van der Waals surface area contributed by atoms with E-state index in [1.807, 2.05) is 0 Å². The molecule has 1 aromatic rings. The SMILES string of the molecule is OC(CN1CCOC(c2ccc(F)cc2)C1)C(F)(F)F. The number of nitrogens with zero attached hydrogens (tertiary/aromatic N) is 1. The lowest BCUT2D eigenvalue weighted by molar-refractivity contribution is -0.211. The Morgan fingerprint density at radius 2 is 1.95 bits per heavy atom. The van der Waals surface area contributed by atoms with Crippen molar-refractivity contribution in [2.45, 2.75) is 18.4 Å². The predicted molar refractivity (Wildman–Crippen MR) is 63.6 cm³/mol. The fraction of sp³-hybridized carbons (Fsp3) is 0.538. The van der Waals surface area contributed by atoms with Crippen LogP contribution in [0.1, 0.15) is 11.7 Å². The third-order valence-electron chi connectivity index (χ3n) is 3.20. The summed E-state index contributed by atoms with van der Waals surface area (Å²) in [6, 6.07) is 5.65. The molecule has 3 nitrogen and oxygen atoms in total. The Hall–Kier alpha value is -1.18. The lowest BCUT2D eigenvalue weighted by Gasteiger charge is -2.34. The van der Waals surface area contributed by atoms with Crippen LogP contribution in [0.4, 0.5) is 17.6 Å². The highest BCUT2D eigenvalue weighted by atomic mass is 19.4. The number of aliphatic hydroxyl groups excluding tert-OH is 1. The van der Waals surface area contributed by atoms with Crippen LogP contribution >= 0.6 is 0 Å². The molecule has 112 valence electrons. The number of morpholine rings is 1. The van der Waals surface area contributed by atoms with Gasteiger partial charge in [-0.15, -0.1) is 0 Å². The third kappa shape index (κ3) is 3.91. The van der Waals surface area contributed by atoms with E-state index in [0.29, 0.717) is 12.1 Å². The molecule has 0 radical (unpaired) electrons. The van der Waals surface area contributed by atoms with Gasteiger partial charge in [0.15, 0.2) is 6.10 Å². The molecule has 0 amide bonds. The van der Waals surface area contributed by atoms with Crippen molar-refractivity contribution in [2.24, 2.45) is 0 Å². The zero-order chi connectivity index (χ0) is 14.8. The number of rotatable bonds is 3. The maximum Gasteiger partial charge on any atom is 0.415 e. The van der Waals surface area contributed by atoms with Crippen LogP contribution in [0.25, 0.3) is 0 Å². The first-order valence-corrected chi connectivity index (χ1v) is 6.20. The van der Waals surface area contributed by atoms with Gasteiger partial charge in [-0.25, -0.2) is 4.39 Å². The van der Waals surface area contributed by atoms with Gasteiger partial charge in [0.25, 0.3) is 0 Å². The van der Waals surface area contributed by atoms with Crippen LogP contribution in [0, 0.1) is 5.82 Å². The summed E-state index contributed by atoms with van der Waals surface area (Å²) in [5.41, 5.74) is 0.706. The van der Waals surface area contributed by atoms with Crippen molar-refractivity contribution >= 4 is 0 Å². The fourth-order valence-corrected chi connectivity index (χ4v) is 2.10. The van der Waals surface area contributed by atoms with Crippen molar-refractivity contribution in [1.29, 1.82) is 0 Å². The fourth-order valence-electron chi connectivity index (χ4n) is 2.10. The summed E-state index contributed by atoms with van der Waals surface area (Å²) >= 11 is 0. The number of hydrogen-bond donors (Lipinski definition) is 1. The molecule has 2 rings (SSSR count). The van der Waals surface area contributed by atoms with Crippen molar-refractivity contribution in [3.63, 3.8) is 0 Å². The van der Waals surface area contributed by atoms with Crippen LogP contribution in [0.3, 0.4) is 0 Å². The first-order valence-electron chi connectivity index (χ1n) is 6.20. The normalized spacial score (nSPS) is 22.8. The van der Waals surface area contributed by atoms with E-state index in [4.69, 9.17) is 9.84 Å². The molecule has 1 N–H and O–H groups in total. The second-order valence-electron chi connectivity index (χ2n) is 4.73. The molecule has 7 heteroatoms. The Kier molecular flexibility index (Phi) is 4.62. The molecule has 1 saturated heterocycles. The summed E-state index contributed by atoms with van der Waals surface area (Å²) in [5.74, 6) is -0.381. The van der Waals surface area contributed by atoms with Crippen molar-refractivity contribution in [2.75, 3.05) is 26.2 Å². The van der Waals surface area contributed by atoms with Crippen LogP contribution in [-0.4, -0.2) is 48.5 Å². The van der Waals surface area contributed by atoms with Crippen LogP contribution in [-0.2, 0) is 4.74 Å².